The molecule has 3 N–H and O–H groups in total. The van der Waals surface area contributed by atoms with Crippen LogP contribution in [0.5, 0.6) is 0 Å². The standard InChI is InChI=1S/C20H35NO2/c21-20(17-22)18-23-16-12-7-5-3-1-2-4-6-9-13-19-14-10-8-11-15-19/h8,10-11,14-15,20,22H,1-7,9,12-13,16-18,21H2/t20-/m0/s1. The van der Waals surface area contributed by atoms with Gasteiger partial charge >= 0.3 is 0 Å². The first-order chi connectivity index (χ1) is 11.3. The van der Waals surface area contributed by atoms with Gasteiger partial charge < -0.3 is 15.6 Å². The van der Waals surface area contributed by atoms with E-state index in [9.17, 15) is 0 Å². The zero-order chi connectivity index (χ0) is 16.6. The van der Waals surface area contributed by atoms with Crippen molar-refractivity contribution in [2.24, 2.45) is 5.73 Å². The Balaban J connectivity index is 1.75. The average Bonchev–Trinajstić information content (AvgIpc) is 2.59. The third-order valence-corrected chi connectivity index (χ3v) is 4.16. The molecule has 1 rings (SSSR count). The highest BCUT2D eigenvalue weighted by Gasteiger charge is 1.99. The molecule has 3 heteroatoms. The van der Waals surface area contributed by atoms with Crippen LogP contribution in [0.15, 0.2) is 30.3 Å². The highest BCUT2D eigenvalue weighted by Crippen LogP contribution is 2.11. The van der Waals surface area contributed by atoms with Gasteiger partial charge in [0.2, 0.25) is 0 Å². The van der Waals surface area contributed by atoms with Crippen molar-refractivity contribution in [3.63, 3.8) is 0 Å². The van der Waals surface area contributed by atoms with E-state index in [1.165, 1.54) is 63.4 Å². The van der Waals surface area contributed by atoms with E-state index in [2.05, 4.69) is 30.3 Å². The van der Waals surface area contributed by atoms with Crippen LogP contribution in [0.3, 0.4) is 0 Å². The van der Waals surface area contributed by atoms with E-state index in [-0.39, 0.29) is 12.6 Å². The summed E-state index contributed by atoms with van der Waals surface area (Å²) in [6.45, 7) is 1.25. The fraction of sp³-hybridized carbons (Fsp3) is 0.700. The number of hydrogen-bond donors (Lipinski definition) is 2. The van der Waals surface area contributed by atoms with Crippen molar-refractivity contribution in [1.29, 1.82) is 0 Å². The summed E-state index contributed by atoms with van der Waals surface area (Å²) in [5.74, 6) is 0. The fourth-order valence-electron chi connectivity index (χ4n) is 2.70. The smallest absolute Gasteiger partial charge is 0.0639 e. The molecule has 0 bridgehead atoms. The number of aryl methyl sites for hydroxylation is 1. The van der Waals surface area contributed by atoms with Gasteiger partial charge in [-0.05, 0) is 24.8 Å². The van der Waals surface area contributed by atoms with Crippen LogP contribution in [0.2, 0.25) is 0 Å². The van der Waals surface area contributed by atoms with E-state index < -0.39 is 0 Å². The predicted molar refractivity (Wildman–Crippen MR) is 97.6 cm³/mol. The van der Waals surface area contributed by atoms with Gasteiger partial charge in [-0.1, -0.05) is 75.3 Å². The second-order valence-electron chi connectivity index (χ2n) is 6.44. The third kappa shape index (κ3) is 12.2. The predicted octanol–water partition coefficient (Wildman–Crippen LogP) is 4.08. The van der Waals surface area contributed by atoms with E-state index in [1.54, 1.807) is 0 Å². The van der Waals surface area contributed by atoms with E-state index in [1.807, 2.05) is 0 Å². The van der Waals surface area contributed by atoms with Crippen LogP contribution in [0, 0.1) is 0 Å². The van der Waals surface area contributed by atoms with Crippen molar-refractivity contribution in [2.75, 3.05) is 19.8 Å². The van der Waals surface area contributed by atoms with Gasteiger partial charge in [-0.3, -0.25) is 0 Å². The number of rotatable bonds is 15. The maximum atomic E-state index is 8.76. The molecule has 0 saturated heterocycles. The van der Waals surface area contributed by atoms with Crippen LogP contribution >= 0.6 is 0 Å². The molecule has 1 aromatic rings. The van der Waals surface area contributed by atoms with E-state index >= 15 is 0 Å². The molecule has 0 saturated carbocycles. The van der Waals surface area contributed by atoms with Crippen molar-refractivity contribution >= 4 is 0 Å². The molecule has 0 aliphatic carbocycles. The third-order valence-electron chi connectivity index (χ3n) is 4.16. The van der Waals surface area contributed by atoms with Crippen molar-refractivity contribution in [3.05, 3.63) is 35.9 Å². The van der Waals surface area contributed by atoms with Crippen LogP contribution < -0.4 is 5.73 Å². The van der Waals surface area contributed by atoms with Crippen LogP contribution in [0.25, 0.3) is 0 Å². The molecule has 0 heterocycles. The number of ether oxygens (including phenoxy) is 1. The van der Waals surface area contributed by atoms with Gasteiger partial charge in [0, 0.05) is 6.61 Å². The maximum absolute atomic E-state index is 8.76. The summed E-state index contributed by atoms with van der Waals surface area (Å²) in [7, 11) is 0. The first-order valence-corrected chi connectivity index (χ1v) is 9.31. The number of aliphatic hydroxyl groups excluding tert-OH is 1. The Morgan fingerprint density at radius 2 is 1.39 bits per heavy atom. The van der Waals surface area contributed by atoms with Crippen molar-refractivity contribution < 1.29 is 9.84 Å². The Bertz CT molecular complexity index is 356. The molecule has 0 amide bonds. The van der Waals surface area contributed by atoms with Crippen molar-refractivity contribution in [3.8, 4) is 0 Å². The number of hydrogen-bond acceptors (Lipinski definition) is 3. The Morgan fingerprint density at radius 3 is 2.00 bits per heavy atom. The Kier molecular flexibility index (Phi) is 12.9. The first kappa shape index (κ1) is 20.1. The van der Waals surface area contributed by atoms with Gasteiger partial charge in [0.05, 0.1) is 19.3 Å². The highest BCUT2D eigenvalue weighted by molar-refractivity contribution is 5.14. The molecule has 0 aromatic heterocycles. The molecule has 0 radical (unpaired) electrons. The zero-order valence-corrected chi connectivity index (χ0v) is 14.6. The molecule has 0 spiro atoms. The number of benzene rings is 1. The van der Waals surface area contributed by atoms with Gasteiger partial charge in [0.25, 0.3) is 0 Å². The molecule has 1 atom stereocenters. The number of nitrogens with two attached hydrogens (primary N) is 1. The number of aliphatic hydroxyl groups is 1. The summed E-state index contributed by atoms with van der Waals surface area (Å²) in [5, 5.41) is 8.76. The Morgan fingerprint density at radius 1 is 0.826 bits per heavy atom. The molecule has 0 unspecified atom stereocenters. The minimum atomic E-state index is -0.225. The molecule has 0 aliphatic rings. The Hall–Kier alpha value is -0.900. The second-order valence-corrected chi connectivity index (χ2v) is 6.44. The monoisotopic (exact) mass is 321 g/mol. The maximum Gasteiger partial charge on any atom is 0.0639 e. The molecule has 3 nitrogen and oxygen atoms in total. The lowest BCUT2D eigenvalue weighted by atomic mass is 10.0. The molecule has 0 aliphatic heterocycles. The summed E-state index contributed by atoms with van der Waals surface area (Å²) in [6, 6.07) is 10.6. The summed E-state index contributed by atoms with van der Waals surface area (Å²) in [5.41, 5.74) is 7.03. The molecule has 1 aromatic carbocycles. The quantitative estimate of drug-likeness (QED) is 0.479. The minimum Gasteiger partial charge on any atom is -0.395 e. The molecule has 23 heavy (non-hydrogen) atoms. The van der Waals surface area contributed by atoms with Crippen LogP contribution in [-0.4, -0.2) is 31.0 Å². The summed E-state index contributed by atoms with van der Waals surface area (Å²) < 4.78 is 5.41. The van der Waals surface area contributed by atoms with Crippen molar-refractivity contribution in [1.82, 2.24) is 0 Å². The van der Waals surface area contributed by atoms with Gasteiger partial charge in [0.15, 0.2) is 0 Å². The zero-order valence-electron chi connectivity index (χ0n) is 14.6. The lowest BCUT2D eigenvalue weighted by Gasteiger charge is -2.08. The van der Waals surface area contributed by atoms with Crippen LogP contribution in [0.1, 0.15) is 63.4 Å². The molecular formula is C20H35NO2. The highest BCUT2D eigenvalue weighted by atomic mass is 16.5. The summed E-state index contributed by atoms with van der Waals surface area (Å²) >= 11 is 0. The SMILES string of the molecule is N[C@@H](CO)COCCCCCCCCCCCc1ccccc1. The largest absolute Gasteiger partial charge is 0.395 e. The molecule has 132 valence electrons. The normalized spacial score (nSPS) is 12.4. The minimum absolute atomic E-state index is 0.00531. The fourth-order valence-corrected chi connectivity index (χ4v) is 2.70. The molecule has 0 fully saturated rings. The van der Waals surface area contributed by atoms with Crippen LogP contribution in [-0.2, 0) is 11.2 Å². The summed E-state index contributed by atoms with van der Waals surface area (Å²) in [6.07, 6.45) is 13.0. The number of unbranched alkanes of at least 4 members (excludes halogenated alkanes) is 8. The van der Waals surface area contributed by atoms with E-state index in [4.69, 9.17) is 15.6 Å². The summed E-state index contributed by atoms with van der Waals surface area (Å²) in [4.78, 5) is 0. The Labute approximate surface area is 142 Å². The first-order valence-electron chi connectivity index (χ1n) is 9.31. The van der Waals surface area contributed by atoms with Crippen LogP contribution in [0.4, 0.5) is 0 Å². The van der Waals surface area contributed by atoms with Crippen molar-refractivity contribution in [2.45, 2.75) is 70.3 Å². The lowest BCUT2D eigenvalue weighted by molar-refractivity contribution is 0.0980. The second kappa shape index (κ2) is 14.7. The van der Waals surface area contributed by atoms with E-state index in [0.717, 1.165) is 13.0 Å². The molecular weight excluding hydrogens is 286 g/mol. The van der Waals surface area contributed by atoms with E-state index in [0.29, 0.717) is 6.61 Å². The topological polar surface area (TPSA) is 55.5 Å². The van der Waals surface area contributed by atoms with Gasteiger partial charge in [-0.2, -0.15) is 0 Å². The van der Waals surface area contributed by atoms with Gasteiger partial charge in [0.1, 0.15) is 0 Å². The lowest BCUT2D eigenvalue weighted by Crippen LogP contribution is -2.30. The van der Waals surface area contributed by atoms with Gasteiger partial charge in [-0.25, -0.2) is 0 Å². The van der Waals surface area contributed by atoms with Gasteiger partial charge in [-0.15, -0.1) is 0 Å². The average molecular weight is 322 g/mol.